The molecule has 0 unspecified atom stereocenters. The summed E-state index contributed by atoms with van der Waals surface area (Å²) in [4.78, 5) is 0. The maximum atomic E-state index is 2.50. The minimum absolute atomic E-state index is 0. The molecule has 0 atom stereocenters. The molecular formula is C26H44CrP2-6. The first kappa shape index (κ1) is 29.1. The Morgan fingerprint density at radius 2 is 1.10 bits per heavy atom. The third kappa shape index (κ3) is 12.5. The molecule has 0 aliphatic heterocycles. The van der Waals surface area contributed by atoms with Crippen LogP contribution in [0.15, 0.2) is 48.5 Å². The molecule has 29 heavy (non-hydrogen) atoms. The second kappa shape index (κ2) is 20.0. The molecule has 0 aliphatic rings. The van der Waals surface area contributed by atoms with Crippen LogP contribution in [-0.2, 0) is 17.4 Å². The van der Waals surface area contributed by atoms with Gasteiger partial charge in [0.15, 0.2) is 0 Å². The van der Waals surface area contributed by atoms with E-state index in [1.54, 1.807) is 10.6 Å². The summed E-state index contributed by atoms with van der Waals surface area (Å²) in [7, 11) is 0.205. The van der Waals surface area contributed by atoms with Crippen LogP contribution in [0.5, 0.6) is 0 Å². The summed E-state index contributed by atoms with van der Waals surface area (Å²) in [6, 6.07) is 17.4. The first-order valence-corrected chi connectivity index (χ1v) is 15.1. The van der Waals surface area contributed by atoms with Crippen molar-refractivity contribution >= 4 is 26.5 Å². The molecule has 2 rings (SSSR count). The minimum Gasteiger partial charge on any atom is -0.748 e. The first-order valence-electron chi connectivity index (χ1n) is 11.7. The molecule has 0 fully saturated rings. The molecule has 0 saturated heterocycles. The molecule has 0 aromatic heterocycles. The molecule has 0 aliphatic carbocycles. The van der Waals surface area contributed by atoms with Crippen molar-refractivity contribution in [3.63, 3.8) is 0 Å². The van der Waals surface area contributed by atoms with Gasteiger partial charge in [-0.3, -0.25) is 0 Å². The van der Waals surface area contributed by atoms with Crippen molar-refractivity contribution in [1.29, 1.82) is 0 Å². The number of hydrogen-bond donors (Lipinski definition) is 0. The van der Waals surface area contributed by atoms with Gasteiger partial charge in [-0.2, -0.15) is 6.07 Å². The Kier molecular flexibility index (Phi) is 20.1. The maximum Gasteiger partial charge on any atom is 0 e. The number of unbranched alkanes of at least 4 members (excludes halogenated alkanes) is 4. The summed E-state index contributed by atoms with van der Waals surface area (Å²) < 4.78 is 0. The monoisotopic (exact) mass is 470 g/mol. The molecule has 0 N–H and O–H groups in total. The second-order valence-corrected chi connectivity index (χ2v) is 12.6. The Hall–Kier alpha value is 0.0925. The average Bonchev–Trinajstić information content (AvgIpc) is 3.43. The smallest absolute Gasteiger partial charge is 0 e. The number of hydrogen-bond acceptors (Lipinski definition) is 0. The van der Waals surface area contributed by atoms with Crippen LogP contribution in [0.3, 0.4) is 0 Å². The molecule has 0 heterocycles. The minimum atomic E-state index is 0. The predicted molar refractivity (Wildman–Crippen MR) is 136 cm³/mol. The summed E-state index contributed by atoms with van der Waals surface area (Å²) in [5.74, 6) is 0. The summed E-state index contributed by atoms with van der Waals surface area (Å²) in [5, 5.41) is 3.61. The van der Waals surface area contributed by atoms with Crippen LogP contribution < -0.4 is 10.6 Å². The summed E-state index contributed by atoms with van der Waals surface area (Å²) in [6.07, 6.45) is 16.9. The van der Waals surface area contributed by atoms with Crippen molar-refractivity contribution in [2.75, 3.05) is 24.6 Å². The topological polar surface area (TPSA) is 0 Å². The quantitative estimate of drug-likeness (QED) is 0.193. The van der Waals surface area contributed by atoms with E-state index in [1.807, 2.05) is 30.3 Å². The van der Waals surface area contributed by atoms with E-state index in [0.717, 1.165) is 0 Å². The van der Waals surface area contributed by atoms with Gasteiger partial charge < -0.3 is 30.3 Å². The van der Waals surface area contributed by atoms with E-state index in [9.17, 15) is 0 Å². The van der Waals surface area contributed by atoms with Gasteiger partial charge >= 0.3 is 0 Å². The van der Waals surface area contributed by atoms with Crippen molar-refractivity contribution in [3.8, 4) is 0 Å². The Labute approximate surface area is 195 Å². The molecule has 2 aromatic rings. The Bertz CT molecular complexity index is 479. The summed E-state index contributed by atoms with van der Waals surface area (Å²) >= 11 is 0. The SMILES string of the molecule is CCCCP(CCCC)c1ccc[c-]1P(CCCC)CCCC.[Cr].[cH-]1[cH-][cH-][cH-][cH-]1. The maximum absolute atomic E-state index is 2.50. The molecule has 0 saturated carbocycles. The Morgan fingerprint density at radius 1 is 0.690 bits per heavy atom. The zero-order chi connectivity index (χ0) is 20.5. The van der Waals surface area contributed by atoms with Gasteiger partial charge in [-0.05, 0) is 37.5 Å². The van der Waals surface area contributed by atoms with Crippen molar-refractivity contribution in [1.82, 2.24) is 0 Å². The molecule has 3 heteroatoms. The normalized spacial score (nSPS) is 10.7. The van der Waals surface area contributed by atoms with Crippen LogP contribution in [0, 0.1) is 0 Å². The van der Waals surface area contributed by atoms with E-state index in [0.29, 0.717) is 0 Å². The third-order valence-corrected chi connectivity index (χ3v) is 10.9. The molecule has 0 bridgehead atoms. The molecule has 170 valence electrons. The zero-order valence-corrected chi connectivity index (χ0v) is 22.5. The molecular weight excluding hydrogens is 426 g/mol. The van der Waals surface area contributed by atoms with E-state index in [1.165, 1.54) is 76.0 Å². The zero-order valence-electron chi connectivity index (χ0n) is 19.4. The van der Waals surface area contributed by atoms with Crippen LogP contribution in [0.2, 0.25) is 0 Å². The standard InChI is InChI=1S/C21H39P2.C5H5.Cr/c1-5-9-16-22(17-10-6-2)20-14-13-15-21(20)23(18-11-7-3)19-12-8-4;1-2-4-5-3-1;/h13-15H,5-12,16-19H2,1-4H3;1-5H;/q-1;-5;. The fourth-order valence-corrected chi connectivity index (χ4v) is 9.80. The summed E-state index contributed by atoms with van der Waals surface area (Å²) in [5.41, 5.74) is 0. The van der Waals surface area contributed by atoms with E-state index < -0.39 is 0 Å². The van der Waals surface area contributed by atoms with Crippen molar-refractivity contribution in [3.05, 3.63) is 48.5 Å². The number of rotatable bonds is 14. The molecule has 0 radical (unpaired) electrons. The molecule has 0 spiro atoms. The average molecular weight is 471 g/mol. The van der Waals surface area contributed by atoms with Gasteiger partial charge in [-0.1, -0.05) is 66.2 Å². The van der Waals surface area contributed by atoms with Crippen LogP contribution >= 0.6 is 15.8 Å². The predicted octanol–water partition coefficient (Wildman–Crippen LogP) is 8.22. The molecule has 0 amide bonds. The van der Waals surface area contributed by atoms with Gasteiger partial charge in [0.2, 0.25) is 0 Å². The van der Waals surface area contributed by atoms with Crippen LogP contribution in [0.4, 0.5) is 0 Å². The van der Waals surface area contributed by atoms with E-state index in [2.05, 4.69) is 45.9 Å². The first-order chi connectivity index (χ1) is 13.8. The van der Waals surface area contributed by atoms with Gasteiger partial charge in [0.1, 0.15) is 0 Å². The Morgan fingerprint density at radius 3 is 1.52 bits per heavy atom. The van der Waals surface area contributed by atoms with Crippen LogP contribution in [-0.4, -0.2) is 24.6 Å². The largest absolute Gasteiger partial charge is 0.748 e. The Balaban J connectivity index is 0.00000113. The van der Waals surface area contributed by atoms with Crippen molar-refractivity contribution in [2.24, 2.45) is 0 Å². The molecule has 0 nitrogen and oxygen atoms in total. The summed E-state index contributed by atoms with van der Waals surface area (Å²) in [6.45, 7) is 9.37. The van der Waals surface area contributed by atoms with Crippen molar-refractivity contribution in [2.45, 2.75) is 79.1 Å². The van der Waals surface area contributed by atoms with Gasteiger partial charge in [-0.15, -0.1) is 26.5 Å². The van der Waals surface area contributed by atoms with Gasteiger partial charge in [0.25, 0.3) is 0 Å². The second-order valence-electron chi connectivity index (χ2n) is 7.65. The van der Waals surface area contributed by atoms with Gasteiger partial charge in [0, 0.05) is 17.4 Å². The van der Waals surface area contributed by atoms with Crippen molar-refractivity contribution < 1.29 is 17.4 Å². The van der Waals surface area contributed by atoms with E-state index in [-0.39, 0.29) is 33.2 Å². The fraction of sp³-hybridized carbons (Fsp3) is 0.615. The molecule has 2 aromatic carbocycles. The third-order valence-electron chi connectivity index (χ3n) is 5.13. The fourth-order valence-electron chi connectivity index (χ4n) is 3.36. The van der Waals surface area contributed by atoms with E-state index in [4.69, 9.17) is 0 Å². The van der Waals surface area contributed by atoms with Crippen LogP contribution in [0.1, 0.15) is 79.1 Å². The van der Waals surface area contributed by atoms with Gasteiger partial charge in [0.05, 0.1) is 0 Å². The van der Waals surface area contributed by atoms with Crippen LogP contribution in [0.25, 0.3) is 0 Å². The van der Waals surface area contributed by atoms with Gasteiger partial charge in [-0.25, -0.2) is 12.1 Å². The van der Waals surface area contributed by atoms with E-state index >= 15 is 0 Å².